The van der Waals surface area contributed by atoms with Gasteiger partial charge in [0.1, 0.15) is 5.69 Å². The summed E-state index contributed by atoms with van der Waals surface area (Å²) in [5.41, 5.74) is 2.01. The third-order valence-corrected chi connectivity index (χ3v) is 6.63. The molecule has 0 atom stereocenters. The van der Waals surface area contributed by atoms with Gasteiger partial charge in [0.25, 0.3) is 10.0 Å². The van der Waals surface area contributed by atoms with E-state index in [-0.39, 0.29) is 16.3 Å². The maximum Gasteiger partial charge on any atom is 0.267 e. The second kappa shape index (κ2) is 5.49. The second-order valence-electron chi connectivity index (χ2n) is 5.69. The molecule has 8 nitrogen and oxygen atoms in total. The van der Waals surface area contributed by atoms with Gasteiger partial charge in [0.05, 0.1) is 11.9 Å². The number of sulfonamides is 2. The molecule has 130 valence electrons. The van der Waals surface area contributed by atoms with E-state index >= 15 is 0 Å². The van der Waals surface area contributed by atoms with Crippen LogP contribution in [0.1, 0.15) is 17.0 Å². The minimum absolute atomic E-state index is 0.0146. The van der Waals surface area contributed by atoms with Gasteiger partial charge < -0.3 is 4.52 Å². The van der Waals surface area contributed by atoms with Crippen LogP contribution in [0.2, 0.25) is 0 Å². The fourth-order valence-corrected chi connectivity index (χ4v) is 5.18. The Morgan fingerprint density at radius 2 is 1.92 bits per heavy atom. The molecule has 3 rings (SSSR count). The molecule has 24 heavy (non-hydrogen) atoms. The summed E-state index contributed by atoms with van der Waals surface area (Å²) in [5.74, 6) is 0.212. The van der Waals surface area contributed by atoms with Gasteiger partial charge in [-0.15, -0.1) is 0 Å². The number of fused-ring (bicyclic) bond motifs is 1. The SMILES string of the molecule is Cc1noc(C)c1S(=O)(=O)Nc1ccc2c(c1)CCN2S(C)(=O)=O. The van der Waals surface area contributed by atoms with Crippen molar-refractivity contribution in [3.63, 3.8) is 0 Å². The van der Waals surface area contributed by atoms with Crippen molar-refractivity contribution in [3.8, 4) is 0 Å². The number of aromatic nitrogens is 1. The molecule has 1 aromatic carbocycles. The maximum atomic E-state index is 12.5. The van der Waals surface area contributed by atoms with E-state index in [1.165, 1.54) is 17.3 Å². The lowest BCUT2D eigenvalue weighted by Crippen LogP contribution is -2.27. The van der Waals surface area contributed by atoms with Gasteiger partial charge in [-0.2, -0.15) is 0 Å². The largest absolute Gasteiger partial charge is 0.360 e. The summed E-state index contributed by atoms with van der Waals surface area (Å²) in [6.45, 7) is 3.44. The summed E-state index contributed by atoms with van der Waals surface area (Å²) in [7, 11) is -7.17. The lowest BCUT2D eigenvalue weighted by molar-refractivity contribution is 0.390. The predicted molar refractivity (Wildman–Crippen MR) is 89.1 cm³/mol. The summed E-state index contributed by atoms with van der Waals surface area (Å²) in [5, 5.41) is 3.65. The predicted octanol–water partition coefficient (Wildman–Crippen LogP) is 1.41. The Bertz CT molecular complexity index is 990. The molecule has 0 saturated carbocycles. The maximum absolute atomic E-state index is 12.5. The molecule has 1 aromatic heterocycles. The zero-order valence-electron chi connectivity index (χ0n) is 13.4. The first-order valence-electron chi connectivity index (χ1n) is 7.16. The van der Waals surface area contributed by atoms with E-state index in [4.69, 9.17) is 4.52 Å². The van der Waals surface area contributed by atoms with Crippen molar-refractivity contribution in [1.29, 1.82) is 0 Å². The van der Waals surface area contributed by atoms with Crippen LogP contribution in [-0.2, 0) is 26.5 Å². The van der Waals surface area contributed by atoms with Gasteiger partial charge in [-0.1, -0.05) is 5.16 Å². The van der Waals surface area contributed by atoms with Crippen molar-refractivity contribution >= 4 is 31.4 Å². The highest BCUT2D eigenvalue weighted by Crippen LogP contribution is 2.33. The molecule has 10 heteroatoms. The Balaban J connectivity index is 1.94. The number of aryl methyl sites for hydroxylation is 2. The van der Waals surface area contributed by atoms with E-state index in [1.54, 1.807) is 19.1 Å². The van der Waals surface area contributed by atoms with Crippen LogP contribution in [0.3, 0.4) is 0 Å². The van der Waals surface area contributed by atoms with Crippen LogP contribution in [0.25, 0.3) is 0 Å². The second-order valence-corrected chi connectivity index (χ2v) is 9.21. The summed E-state index contributed by atoms with van der Waals surface area (Å²) < 4.78 is 57.2. The summed E-state index contributed by atoms with van der Waals surface area (Å²) >= 11 is 0. The van der Waals surface area contributed by atoms with E-state index in [0.717, 1.165) is 11.8 Å². The molecule has 1 N–H and O–H groups in total. The standard InChI is InChI=1S/C14H17N3O5S2/c1-9-14(10(2)22-15-9)24(20,21)16-12-4-5-13-11(8-12)6-7-17(13)23(3,18)19/h4-5,8,16H,6-7H2,1-3H3. The van der Waals surface area contributed by atoms with Crippen molar-refractivity contribution in [2.24, 2.45) is 0 Å². The van der Waals surface area contributed by atoms with Crippen LogP contribution in [0, 0.1) is 13.8 Å². The Labute approximate surface area is 140 Å². The minimum Gasteiger partial charge on any atom is -0.360 e. The van der Waals surface area contributed by atoms with E-state index in [2.05, 4.69) is 9.88 Å². The average Bonchev–Trinajstić information content (AvgIpc) is 3.01. The number of hydrogen-bond donors (Lipinski definition) is 1. The molecular weight excluding hydrogens is 354 g/mol. The molecule has 0 spiro atoms. The number of hydrogen-bond acceptors (Lipinski definition) is 6. The van der Waals surface area contributed by atoms with E-state index in [9.17, 15) is 16.8 Å². The van der Waals surface area contributed by atoms with Crippen LogP contribution in [-0.4, -0.2) is 34.8 Å². The normalized spacial score (nSPS) is 14.7. The molecule has 0 unspecified atom stereocenters. The molecule has 0 fully saturated rings. The zero-order chi connectivity index (χ0) is 17.7. The Kier molecular flexibility index (Phi) is 3.83. The lowest BCUT2D eigenvalue weighted by atomic mass is 10.1. The van der Waals surface area contributed by atoms with Crippen LogP contribution in [0.15, 0.2) is 27.6 Å². The van der Waals surface area contributed by atoms with Crippen LogP contribution >= 0.6 is 0 Å². The van der Waals surface area contributed by atoms with Gasteiger partial charge in [-0.05, 0) is 44.0 Å². The smallest absolute Gasteiger partial charge is 0.267 e. The Morgan fingerprint density at radius 3 is 2.50 bits per heavy atom. The van der Waals surface area contributed by atoms with E-state index in [0.29, 0.717) is 24.3 Å². The van der Waals surface area contributed by atoms with Crippen molar-refractivity contribution in [2.45, 2.75) is 25.2 Å². The number of rotatable bonds is 4. The Hall–Kier alpha value is -2.07. The van der Waals surface area contributed by atoms with Crippen LogP contribution in [0.4, 0.5) is 11.4 Å². The number of nitrogens with one attached hydrogen (secondary N) is 1. The fraction of sp³-hybridized carbons (Fsp3) is 0.357. The first-order chi connectivity index (χ1) is 11.1. The molecule has 0 bridgehead atoms. The van der Waals surface area contributed by atoms with Crippen molar-refractivity contribution < 1.29 is 21.4 Å². The highest BCUT2D eigenvalue weighted by molar-refractivity contribution is 7.93. The van der Waals surface area contributed by atoms with Gasteiger partial charge in [-0.25, -0.2) is 16.8 Å². The molecule has 0 radical (unpaired) electrons. The highest BCUT2D eigenvalue weighted by atomic mass is 32.2. The molecule has 2 aromatic rings. The van der Waals surface area contributed by atoms with Crippen molar-refractivity contribution in [1.82, 2.24) is 5.16 Å². The topological polar surface area (TPSA) is 110 Å². The number of anilines is 2. The van der Waals surface area contributed by atoms with Gasteiger partial charge in [0.2, 0.25) is 10.0 Å². The third kappa shape index (κ3) is 2.86. The fourth-order valence-electron chi connectivity index (χ4n) is 2.84. The van der Waals surface area contributed by atoms with Crippen LogP contribution < -0.4 is 9.03 Å². The lowest BCUT2D eigenvalue weighted by Gasteiger charge is -2.16. The first-order valence-corrected chi connectivity index (χ1v) is 10.5. The van der Waals surface area contributed by atoms with Crippen LogP contribution in [0.5, 0.6) is 0 Å². The molecule has 0 amide bonds. The molecule has 1 aliphatic heterocycles. The highest BCUT2D eigenvalue weighted by Gasteiger charge is 2.28. The summed E-state index contributed by atoms with van der Waals surface area (Å²) in [6.07, 6.45) is 1.68. The molecule has 0 saturated heterocycles. The number of benzene rings is 1. The van der Waals surface area contributed by atoms with Crippen molar-refractivity contribution in [3.05, 3.63) is 35.2 Å². The van der Waals surface area contributed by atoms with Gasteiger partial charge in [-0.3, -0.25) is 9.03 Å². The summed E-state index contributed by atoms with van der Waals surface area (Å²) in [6, 6.07) is 4.79. The van der Waals surface area contributed by atoms with E-state index < -0.39 is 20.0 Å². The first kappa shape index (κ1) is 16.8. The minimum atomic E-state index is -3.83. The average molecular weight is 371 g/mol. The van der Waals surface area contributed by atoms with Gasteiger partial charge in [0, 0.05) is 12.2 Å². The zero-order valence-corrected chi connectivity index (χ0v) is 15.0. The monoisotopic (exact) mass is 371 g/mol. The third-order valence-electron chi connectivity index (χ3n) is 3.82. The van der Waals surface area contributed by atoms with Gasteiger partial charge in [0.15, 0.2) is 10.7 Å². The molecular formula is C14H17N3O5S2. The quantitative estimate of drug-likeness (QED) is 0.870. The van der Waals surface area contributed by atoms with Crippen molar-refractivity contribution in [2.75, 3.05) is 21.8 Å². The summed E-state index contributed by atoms with van der Waals surface area (Å²) in [4.78, 5) is 0.0146. The Morgan fingerprint density at radius 1 is 1.21 bits per heavy atom. The molecule has 2 heterocycles. The number of nitrogens with zero attached hydrogens (tertiary/aromatic N) is 2. The molecule has 0 aliphatic carbocycles. The van der Waals surface area contributed by atoms with E-state index in [1.807, 2.05) is 0 Å². The van der Waals surface area contributed by atoms with Gasteiger partial charge >= 0.3 is 0 Å². The molecule has 1 aliphatic rings.